The van der Waals surface area contributed by atoms with E-state index in [0.29, 0.717) is 36.2 Å². The molecule has 1 aromatic rings. The van der Waals surface area contributed by atoms with Gasteiger partial charge in [0, 0.05) is 13.1 Å². The number of benzene rings is 1. The van der Waals surface area contributed by atoms with Gasteiger partial charge in [-0.2, -0.15) is 0 Å². The lowest BCUT2D eigenvalue weighted by Gasteiger charge is -2.18. The van der Waals surface area contributed by atoms with Crippen LogP contribution in [0.3, 0.4) is 0 Å². The molecule has 0 aliphatic rings. The fourth-order valence-electron chi connectivity index (χ4n) is 1.70. The Labute approximate surface area is 119 Å². The molecule has 0 unspecified atom stereocenters. The van der Waals surface area contributed by atoms with Gasteiger partial charge in [-0.15, -0.1) is 0 Å². The van der Waals surface area contributed by atoms with Gasteiger partial charge in [0.25, 0.3) is 0 Å². The molecule has 19 heavy (non-hydrogen) atoms. The third kappa shape index (κ3) is 5.27. The summed E-state index contributed by atoms with van der Waals surface area (Å²) < 4.78 is 10.7. The van der Waals surface area contributed by atoms with Crippen LogP contribution >= 0.6 is 11.6 Å². The molecule has 1 rings (SSSR count). The van der Waals surface area contributed by atoms with Crippen LogP contribution in [0, 0.1) is 0 Å². The third-order valence-corrected chi connectivity index (χ3v) is 2.74. The van der Waals surface area contributed by atoms with Gasteiger partial charge >= 0.3 is 0 Å². The van der Waals surface area contributed by atoms with Crippen LogP contribution in [0.1, 0.15) is 26.3 Å². The van der Waals surface area contributed by atoms with Crippen LogP contribution in [0.15, 0.2) is 12.1 Å². The van der Waals surface area contributed by atoms with Crippen LogP contribution in [0.5, 0.6) is 11.5 Å². The SMILES string of the molecule is CCOc1cc(CNCC(C)(C)O)cc(Cl)c1OC. The molecule has 2 N–H and O–H groups in total. The normalized spacial score (nSPS) is 11.5. The third-order valence-electron chi connectivity index (χ3n) is 2.46. The Morgan fingerprint density at radius 2 is 2.05 bits per heavy atom. The van der Waals surface area contributed by atoms with Crippen molar-refractivity contribution in [1.29, 1.82) is 0 Å². The lowest BCUT2D eigenvalue weighted by atomic mass is 10.1. The predicted octanol–water partition coefficient (Wildman–Crippen LogP) is 2.61. The Balaban J connectivity index is 2.79. The molecule has 0 saturated heterocycles. The largest absolute Gasteiger partial charge is 0.491 e. The van der Waals surface area contributed by atoms with Crippen molar-refractivity contribution >= 4 is 11.6 Å². The number of rotatable bonds is 7. The van der Waals surface area contributed by atoms with Gasteiger partial charge in [-0.25, -0.2) is 0 Å². The molecular weight excluding hydrogens is 266 g/mol. The van der Waals surface area contributed by atoms with Gasteiger partial charge < -0.3 is 19.9 Å². The van der Waals surface area contributed by atoms with Crippen molar-refractivity contribution < 1.29 is 14.6 Å². The average Bonchev–Trinajstić information content (AvgIpc) is 2.27. The maximum atomic E-state index is 9.64. The molecule has 4 nitrogen and oxygen atoms in total. The first kappa shape index (κ1) is 16.1. The van der Waals surface area contributed by atoms with Crippen molar-refractivity contribution in [3.8, 4) is 11.5 Å². The van der Waals surface area contributed by atoms with Crippen LogP contribution in [0.2, 0.25) is 5.02 Å². The van der Waals surface area contributed by atoms with Crippen LogP contribution < -0.4 is 14.8 Å². The average molecular weight is 288 g/mol. The molecule has 0 aliphatic heterocycles. The molecule has 0 saturated carbocycles. The zero-order valence-electron chi connectivity index (χ0n) is 11.9. The van der Waals surface area contributed by atoms with Gasteiger partial charge in [-0.3, -0.25) is 0 Å². The fraction of sp³-hybridized carbons (Fsp3) is 0.571. The minimum atomic E-state index is -0.737. The number of aliphatic hydroxyl groups is 1. The minimum Gasteiger partial charge on any atom is -0.491 e. The predicted molar refractivity (Wildman–Crippen MR) is 77.2 cm³/mol. The lowest BCUT2D eigenvalue weighted by Crippen LogP contribution is -2.34. The Morgan fingerprint density at radius 1 is 1.37 bits per heavy atom. The van der Waals surface area contributed by atoms with E-state index in [0.717, 1.165) is 5.56 Å². The van der Waals surface area contributed by atoms with E-state index in [2.05, 4.69) is 5.32 Å². The Morgan fingerprint density at radius 3 is 2.58 bits per heavy atom. The molecule has 0 atom stereocenters. The number of methoxy groups -OCH3 is 1. The summed E-state index contributed by atoms with van der Waals surface area (Å²) in [4.78, 5) is 0. The highest BCUT2D eigenvalue weighted by Crippen LogP contribution is 2.36. The van der Waals surface area contributed by atoms with Crippen LogP contribution in [0.4, 0.5) is 0 Å². The summed E-state index contributed by atoms with van der Waals surface area (Å²) in [5, 5.41) is 13.3. The van der Waals surface area contributed by atoms with Crippen molar-refractivity contribution in [2.45, 2.75) is 32.9 Å². The molecular formula is C14H22ClNO3. The van der Waals surface area contributed by atoms with Crippen LogP contribution in [0.25, 0.3) is 0 Å². The summed E-state index contributed by atoms with van der Waals surface area (Å²) in [6.07, 6.45) is 0. The summed E-state index contributed by atoms with van der Waals surface area (Å²) in [7, 11) is 1.57. The number of halogens is 1. The summed E-state index contributed by atoms with van der Waals surface area (Å²) in [5.41, 5.74) is 0.248. The molecule has 0 heterocycles. The van der Waals surface area contributed by atoms with Crippen molar-refractivity contribution in [3.05, 3.63) is 22.7 Å². The highest BCUT2D eigenvalue weighted by atomic mass is 35.5. The summed E-state index contributed by atoms with van der Waals surface area (Å²) in [5.74, 6) is 1.19. The summed E-state index contributed by atoms with van der Waals surface area (Å²) in [6, 6.07) is 3.73. The van der Waals surface area contributed by atoms with E-state index < -0.39 is 5.60 Å². The van der Waals surface area contributed by atoms with Gasteiger partial charge in [0.15, 0.2) is 11.5 Å². The van der Waals surface area contributed by atoms with E-state index >= 15 is 0 Å². The molecule has 0 bridgehead atoms. The maximum absolute atomic E-state index is 9.64. The first-order chi connectivity index (χ1) is 8.87. The number of hydrogen-bond acceptors (Lipinski definition) is 4. The smallest absolute Gasteiger partial charge is 0.179 e. The van der Waals surface area contributed by atoms with Gasteiger partial charge in [0.2, 0.25) is 0 Å². The van der Waals surface area contributed by atoms with E-state index in [1.165, 1.54) is 0 Å². The topological polar surface area (TPSA) is 50.7 Å². The molecule has 108 valence electrons. The van der Waals surface area contributed by atoms with Gasteiger partial charge in [-0.05, 0) is 38.5 Å². The molecule has 0 fully saturated rings. The second-order valence-electron chi connectivity index (χ2n) is 4.96. The highest BCUT2D eigenvalue weighted by molar-refractivity contribution is 6.32. The van der Waals surface area contributed by atoms with Crippen LogP contribution in [-0.4, -0.2) is 31.0 Å². The fourth-order valence-corrected chi connectivity index (χ4v) is 2.01. The van der Waals surface area contributed by atoms with Crippen molar-refractivity contribution in [2.75, 3.05) is 20.3 Å². The maximum Gasteiger partial charge on any atom is 0.179 e. The quantitative estimate of drug-likeness (QED) is 0.809. The molecule has 5 heteroatoms. The Bertz CT molecular complexity index is 416. The molecule has 0 aliphatic carbocycles. The Kier molecular flexibility index (Phi) is 5.91. The van der Waals surface area contributed by atoms with Crippen LogP contribution in [-0.2, 0) is 6.54 Å². The second kappa shape index (κ2) is 6.98. The lowest BCUT2D eigenvalue weighted by molar-refractivity contribution is 0.0795. The monoisotopic (exact) mass is 287 g/mol. The standard InChI is InChI=1S/C14H22ClNO3/c1-5-19-12-7-10(6-11(15)13(12)18-4)8-16-9-14(2,3)17/h6-7,16-17H,5,8-9H2,1-4H3. The van der Waals surface area contributed by atoms with Crippen molar-refractivity contribution in [2.24, 2.45) is 0 Å². The second-order valence-corrected chi connectivity index (χ2v) is 5.37. The molecule has 0 amide bonds. The molecule has 1 aromatic carbocycles. The van der Waals surface area contributed by atoms with E-state index in [9.17, 15) is 5.11 Å². The van der Waals surface area contributed by atoms with E-state index in [1.54, 1.807) is 21.0 Å². The first-order valence-corrected chi connectivity index (χ1v) is 6.67. The summed E-state index contributed by atoms with van der Waals surface area (Å²) in [6.45, 7) is 7.08. The van der Waals surface area contributed by atoms with E-state index in [4.69, 9.17) is 21.1 Å². The van der Waals surface area contributed by atoms with Crippen molar-refractivity contribution in [1.82, 2.24) is 5.32 Å². The molecule has 0 aromatic heterocycles. The number of hydrogen-bond donors (Lipinski definition) is 2. The van der Waals surface area contributed by atoms with E-state index in [1.807, 2.05) is 19.1 Å². The minimum absolute atomic E-state index is 0.501. The zero-order valence-corrected chi connectivity index (χ0v) is 12.7. The summed E-state index contributed by atoms with van der Waals surface area (Å²) >= 11 is 6.16. The van der Waals surface area contributed by atoms with E-state index in [-0.39, 0.29) is 0 Å². The molecule has 0 spiro atoms. The van der Waals surface area contributed by atoms with Crippen molar-refractivity contribution in [3.63, 3.8) is 0 Å². The Hall–Kier alpha value is -0.970. The molecule has 0 radical (unpaired) electrons. The van der Waals surface area contributed by atoms with Gasteiger partial charge in [0.05, 0.1) is 24.3 Å². The highest BCUT2D eigenvalue weighted by Gasteiger charge is 2.13. The number of ether oxygens (including phenoxy) is 2. The first-order valence-electron chi connectivity index (χ1n) is 6.29. The van der Waals surface area contributed by atoms with Gasteiger partial charge in [-0.1, -0.05) is 11.6 Å². The number of nitrogens with one attached hydrogen (secondary N) is 1. The zero-order chi connectivity index (χ0) is 14.5. The van der Waals surface area contributed by atoms with Gasteiger partial charge in [0.1, 0.15) is 0 Å².